The Morgan fingerprint density at radius 1 is 1.41 bits per heavy atom. The van der Waals surface area contributed by atoms with Crippen molar-refractivity contribution in [1.29, 1.82) is 0 Å². The number of alkyl carbamates (subject to hydrolysis) is 1. The molecule has 1 N–H and O–H groups in total. The standard InChI is InChI=1S/C16H28N2O4/c1-7-10(2)12(17-15(21)22-16(4,5)6)14(20)18-9-8-11(3)13(18)19/h10-12H,7-9H2,1-6H3,(H,17,21)/t10?,11-,12-/m0/s1. The predicted octanol–water partition coefficient (Wildman–Crippen LogP) is 2.32. The monoisotopic (exact) mass is 312 g/mol. The van der Waals surface area contributed by atoms with Gasteiger partial charge in [0.1, 0.15) is 11.6 Å². The fraction of sp³-hybridized carbons (Fsp3) is 0.812. The number of likely N-dealkylation sites (tertiary alicyclic amines) is 1. The first-order chi connectivity index (χ1) is 10.1. The van der Waals surface area contributed by atoms with E-state index in [4.69, 9.17) is 4.74 Å². The third kappa shape index (κ3) is 4.71. The SMILES string of the molecule is CCC(C)[C@H](NC(=O)OC(C)(C)C)C(=O)N1CC[C@H](C)C1=O. The summed E-state index contributed by atoms with van der Waals surface area (Å²) in [6.07, 6.45) is 0.749. The molecular weight excluding hydrogens is 284 g/mol. The number of amides is 3. The van der Waals surface area contributed by atoms with Gasteiger partial charge in [-0.1, -0.05) is 27.2 Å². The molecule has 3 atom stereocenters. The molecule has 22 heavy (non-hydrogen) atoms. The largest absolute Gasteiger partial charge is 0.444 e. The minimum absolute atomic E-state index is 0.0799. The van der Waals surface area contributed by atoms with Gasteiger partial charge < -0.3 is 10.1 Å². The number of nitrogens with one attached hydrogen (secondary N) is 1. The first-order valence-corrected chi connectivity index (χ1v) is 7.91. The number of hydrogen-bond donors (Lipinski definition) is 1. The summed E-state index contributed by atoms with van der Waals surface area (Å²) in [5.74, 6) is -0.717. The molecule has 3 amide bonds. The van der Waals surface area contributed by atoms with Crippen LogP contribution in [-0.2, 0) is 14.3 Å². The zero-order chi connectivity index (χ0) is 17.1. The van der Waals surface area contributed by atoms with Crippen LogP contribution >= 0.6 is 0 Å². The average Bonchev–Trinajstić information content (AvgIpc) is 2.73. The summed E-state index contributed by atoms with van der Waals surface area (Å²) < 4.78 is 5.22. The molecule has 1 unspecified atom stereocenters. The summed E-state index contributed by atoms with van der Waals surface area (Å²) in [5.41, 5.74) is -0.634. The summed E-state index contributed by atoms with van der Waals surface area (Å²) in [5, 5.41) is 2.63. The number of hydrogen-bond acceptors (Lipinski definition) is 4. The van der Waals surface area contributed by atoms with E-state index < -0.39 is 17.7 Å². The molecule has 6 nitrogen and oxygen atoms in total. The Labute approximate surface area is 132 Å². The maximum absolute atomic E-state index is 12.6. The molecule has 1 aliphatic rings. The molecule has 126 valence electrons. The number of carbonyl (C=O) groups is 3. The predicted molar refractivity (Wildman–Crippen MR) is 83.1 cm³/mol. The second kappa shape index (κ2) is 7.11. The van der Waals surface area contributed by atoms with Crippen molar-refractivity contribution in [2.75, 3.05) is 6.54 Å². The van der Waals surface area contributed by atoms with Crippen molar-refractivity contribution < 1.29 is 19.1 Å². The molecule has 1 fully saturated rings. The molecule has 0 spiro atoms. The minimum Gasteiger partial charge on any atom is -0.444 e. The second-order valence-corrected chi connectivity index (χ2v) is 7.03. The lowest BCUT2D eigenvalue weighted by atomic mass is 9.98. The topological polar surface area (TPSA) is 75.7 Å². The highest BCUT2D eigenvalue weighted by Crippen LogP contribution is 2.21. The zero-order valence-corrected chi connectivity index (χ0v) is 14.4. The van der Waals surface area contributed by atoms with E-state index in [0.717, 1.165) is 0 Å². The van der Waals surface area contributed by atoms with Crippen LogP contribution < -0.4 is 5.32 Å². The van der Waals surface area contributed by atoms with E-state index in [2.05, 4.69) is 5.32 Å². The molecule has 1 aliphatic heterocycles. The number of imide groups is 1. The van der Waals surface area contributed by atoms with Gasteiger partial charge in [-0.25, -0.2) is 4.79 Å². The van der Waals surface area contributed by atoms with Gasteiger partial charge in [0.15, 0.2) is 0 Å². The van der Waals surface area contributed by atoms with E-state index >= 15 is 0 Å². The van der Waals surface area contributed by atoms with Gasteiger partial charge in [0.05, 0.1) is 0 Å². The molecule has 0 saturated carbocycles. The third-order valence-electron chi connectivity index (χ3n) is 3.89. The molecule has 0 aromatic heterocycles. The van der Waals surface area contributed by atoms with Gasteiger partial charge >= 0.3 is 6.09 Å². The number of nitrogens with zero attached hydrogens (tertiary/aromatic N) is 1. The van der Waals surface area contributed by atoms with Crippen molar-refractivity contribution in [3.05, 3.63) is 0 Å². The van der Waals surface area contributed by atoms with Gasteiger partial charge in [0.2, 0.25) is 5.91 Å². The molecule has 1 heterocycles. The minimum atomic E-state index is -0.742. The fourth-order valence-electron chi connectivity index (χ4n) is 2.33. The molecule has 0 aromatic rings. The van der Waals surface area contributed by atoms with Gasteiger partial charge in [-0.05, 0) is 33.1 Å². The van der Waals surface area contributed by atoms with Gasteiger partial charge in [0, 0.05) is 12.5 Å². The van der Waals surface area contributed by atoms with Crippen LogP contribution in [-0.4, -0.2) is 41.0 Å². The third-order valence-corrected chi connectivity index (χ3v) is 3.89. The maximum atomic E-state index is 12.6. The molecular formula is C16H28N2O4. The van der Waals surface area contributed by atoms with Crippen molar-refractivity contribution in [2.24, 2.45) is 11.8 Å². The van der Waals surface area contributed by atoms with E-state index in [0.29, 0.717) is 19.4 Å². The van der Waals surface area contributed by atoms with Crippen molar-refractivity contribution in [1.82, 2.24) is 10.2 Å². The smallest absolute Gasteiger partial charge is 0.408 e. The zero-order valence-electron chi connectivity index (χ0n) is 14.4. The lowest BCUT2D eigenvalue weighted by molar-refractivity contribution is -0.145. The van der Waals surface area contributed by atoms with Gasteiger partial charge in [-0.15, -0.1) is 0 Å². The molecule has 0 aromatic carbocycles. The molecule has 0 radical (unpaired) electrons. The van der Waals surface area contributed by atoms with E-state index in [-0.39, 0.29) is 23.7 Å². The van der Waals surface area contributed by atoms with E-state index in [1.165, 1.54) is 4.90 Å². The van der Waals surface area contributed by atoms with Gasteiger partial charge in [0.25, 0.3) is 5.91 Å². The highest BCUT2D eigenvalue weighted by atomic mass is 16.6. The molecule has 0 aliphatic carbocycles. The Morgan fingerprint density at radius 2 is 2.00 bits per heavy atom. The molecule has 1 saturated heterocycles. The number of rotatable bonds is 4. The van der Waals surface area contributed by atoms with Crippen LogP contribution in [0.4, 0.5) is 4.79 Å². The average molecular weight is 312 g/mol. The number of ether oxygens (including phenoxy) is 1. The van der Waals surface area contributed by atoms with Gasteiger partial charge in [-0.3, -0.25) is 14.5 Å². The molecule has 1 rings (SSSR count). The summed E-state index contributed by atoms with van der Waals surface area (Å²) >= 11 is 0. The van der Waals surface area contributed by atoms with E-state index in [1.54, 1.807) is 20.8 Å². The first kappa shape index (κ1) is 18.5. The molecule has 6 heteroatoms. The molecule has 0 bridgehead atoms. The maximum Gasteiger partial charge on any atom is 0.408 e. The van der Waals surface area contributed by atoms with E-state index in [1.807, 2.05) is 20.8 Å². The Hall–Kier alpha value is -1.59. The summed E-state index contributed by atoms with van der Waals surface area (Å²) in [6, 6.07) is -0.742. The quantitative estimate of drug-likeness (QED) is 0.864. The first-order valence-electron chi connectivity index (χ1n) is 7.91. The van der Waals surface area contributed by atoms with Crippen molar-refractivity contribution in [3.63, 3.8) is 0 Å². The lowest BCUT2D eigenvalue weighted by Gasteiger charge is -2.28. The Morgan fingerprint density at radius 3 is 2.41 bits per heavy atom. The van der Waals surface area contributed by atoms with Crippen LogP contribution in [0.25, 0.3) is 0 Å². The second-order valence-electron chi connectivity index (χ2n) is 7.03. The van der Waals surface area contributed by atoms with Crippen LogP contribution in [0.3, 0.4) is 0 Å². The Bertz CT molecular complexity index is 442. The van der Waals surface area contributed by atoms with Crippen molar-refractivity contribution in [3.8, 4) is 0 Å². The van der Waals surface area contributed by atoms with Crippen LogP contribution in [0, 0.1) is 11.8 Å². The van der Waals surface area contributed by atoms with Gasteiger partial charge in [-0.2, -0.15) is 0 Å². The van der Waals surface area contributed by atoms with Crippen molar-refractivity contribution >= 4 is 17.9 Å². The van der Waals surface area contributed by atoms with Crippen LogP contribution in [0.2, 0.25) is 0 Å². The van der Waals surface area contributed by atoms with Crippen LogP contribution in [0.1, 0.15) is 54.4 Å². The summed E-state index contributed by atoms with van der Waals surface area (Å²) in [7, 11) is 0. The fourth-order valence-corrected chi connectivity index (χ4v) is 2.33. The van der Waals surface area contributed by atoms with Crippen LogP contribution in [0.15, 0.2) is 0 Å². The van der Waals surface area contributed by atoms with Crippen molar-refractivity contribution in [2.45, 2.75) is 66.0 Å². The normalized spacial score (nSPS) is 21.5. The highest BCUT2D eigenvalue weighted by molar-refractivity contribution is 6.01. The number of carbonyl (C=O) groups excluding carboxylic acids is 3. The summed E-state index contributed by atoms with van der Waals surface area (Å²) in [6.45, 7) is 11.3. The Kier molecular flexibility index (Phi) is 5.97. The Balaban J connectivity index is 2.83. The lowest BCUT2D eigenvalue weighted by Crippen LogP contribution is -2.53. The summed E-state index contributed by atoms with van der Waals surface area (Å²) in [4.78, 5) is 37.9. The van der Waals surface area contributed by atoms with E-state index in [9.17, 15) is 14.4 Å². The van der Waals surface area contributed by atoms with Crippen LogP contribution in [0.5, 0.6) is 0 Å². The highest BCUT2D eigenvalue weighted by Gasteiger charge is 2.38.